The second-order valence-electron chi connectivity index (χ2n) is 4.87. The summed E-state index contributed by atoms with van der Waals surface area (Å²) >= 11 is 0. The Morgan fingerprint density at radius 3 is 2.84 bits per heavy atom. The van der Waals surface area contributed by atoms with E-state index >= 15 is 0 Å². The summed E-state index contributed by atoms with van der Waals surface area (Å²) in [4.78, 5) is 4.51. The molecule has 2 unspecified atom stereocenters. The van der Waals surface area contributed by atoms with Crippen molar-refractivity contribution in [2.75, 3.05) is 14.2 Å². The largest absolute Gasteiger partial charge is 0.495 e. The van der Waals surface area contributed by atoms with Crippen molar-refractivity contribution in [3.05, 3.63) is 59.4 Å². The number of nitrogens with one attached hydrogen (secondary N) is 1. The van der Waals surface area contributed by atoms with E-state index in [0.717, 1.165) is 17.9 Å². The number of fused-ring (bicyclic) bond motifs is 1. The van der Waals surface area contributed by atoms with Gasteiger partial charge in [-0.05, 0) is 36.7 Å². The summed E-state index contributed by atoms with van der Waals surface area (Å²) in [5.41, 5.74) is 3.87. The normalized spacial score (nSPS) is 18.3. The van der Waals surface area contributed by atoms with E-state index in [0.29, 0.717) is 5.92 Å². The van der Waals surface area contributed by atoms with Crippen LogP contribution in [-0.2, 0) is 6.42 Å². The molecule has 0 saturated carbocycles. The number of ether oxygens (including phenoxy) is 1. The molecule has 0 radical (unpaired) electrons. The first-order valence-electron chi connectivity index (χ1n) is 6.59. The monoisotopic (exact) mass is 254 g/mol. The topological polar surface area (TPSA) is 34.2 Å². The number of hydrogen-bond acceptors (Lipinski definition) is 3. The molecule has 1 N–H and O–H groups in total. The predicted molar refractivity (Wildman–Crippen MR) is 75.5 cm³/mol. The zero-order chi connectivity index (χ0) is 13.2. The molecular formula is C16H18N2O. The van der Waals surface area contributed by atoms with Gasteiger partial charge in [0.15, 0.2) is 0 Å². The smallest absolute Gasteiger partial charge is 0.142 e. The molecule has 0 fully saturated rings. The van der Waals surface area contributed by atoms with Crippen molar-refractivity contribution in [2.45, 2.75) is 18.4 Å². The van der Waals surface area contributed by atoms with Gasteiger partial charge in [-0.1, -0.05) is 24.3 Å². The van der Waals surface area contributed by atoms with Crippen LogP contribution >= 0.6 is 0 Å². The van der Waals surface area contributed by atoms with Crippen molar-refractivity contribution >= 4 is 0 Å². The summed E-state index contributed by atoms with van der Waals surface area (Å²) in [7, 11) is 3.68. The highest BCUT2D eigenvalue weighted by Crippen LogP contribution is 2.44. The lowest BCUT2D eigenvalue weighted by Gasteiger charge is -2.36. The first-order chi connectivity index (χ1) is 9.35. The van der Waals surface area contributed by atoms with Crippen LogP contribution in [-0.4, -0.2) is 19.1 Å². The van der Waals surface area contributed by atoms with Gasteiger partial charge < -0.3 is 10.1 Å². The highest BCUT2D eigenvalue weighted by atomic mass is 16.5. The molecule has 3 rings (SSSR count). The Morgan fingerprint density at radius 2 is 2.11 bits per heavy atom. The number of benzene rings is 1. The van der Waals surface area contributed by atoms with Gasteiger partial charge in [0.2, 0.25) is 0 Å². The van der Waals surface area contributed by atoms with Crippen molar-refractivity contribution in [3.8, 4) is 5.75 Å². The minimum absolute atomic E-state index is 0.200. The maximum Gasteiger partial charge on any atom is 0.142 e. The minimum atomic E-state index is 0.200. The van der Waals surface area contributed by atoms with E-state index in [-0.39, 0.29) is 6.04 Å². The highest BCUT2D eigenvalue weighted by Gasteiger charge is 2.34. The van der Waals surface area contributed by atoms with E-state index in [4.69, 9.17) is 4.74 Å². The summed E-state index contributed by atoms with van der Waals surface area (Å²) in [5.74, 6) is 1.33. The molecular weight excluding hydrogens is 236 g/mol. The second-order valence-corrected chi connectivity index (χ2v) is 4.87. The molecule has 1 heterocycles. The van der Waals surface area contributed by atoms with Gasteiger partial charge in [-0.15, -0.1) is 0 Å². The van der Waals surface area contributed by atoms with Crippen LogP contribution < -0.4 is 10.1 Å². The van der Waals surface area contributed by atoms with E-state index in [9.17, 15) is 0 Å². The Hall–Kier alpha value is -1.87. The number of hydrogen-bond donors (Lipinski definition) is 1. The summed E-state index contributed by atoms with van der Waals surface area (Å²) in [6.45, 7) is 0. The van der Waals surface area contributed by atoms with Crippen LogP contribution in [0.1, 0.15) is 28.8 Å². The highest BCUT2D eigenvalue weighted by molar-refractivity contribution is 5.44. The van der Waals surface area contributed by atoms with Gasteiger partial charge in [0, 0.05) is 12.1 Å². The number of pyridine rings is 1. The molecule has 98 valence electrons. The lowest BCUT2D eigenvalue weighted by molar-refractivity contribution is 0.374. The summed E-state index contributed by atoms with van der Waals surface area (Å²) in [6.07, 6.45) is 2.92. The minimum Gasteiger partial charge on any atom is -0.495 e. The molecule has 19 heavy (non-hydrogen) atoms. The summed E-state index contributed by atoms with van der Waals surface area (Å²) in [6, 6.07) is 12.7. The molecule has 1 aromatic carbocycles. The van der Waals surface area contributed by atoms with Gasteiger partial charge in [0.25, 0.3) is 0 Å². The van der Waals surface area contributed by atoms with Crippen molar-refractivity contribution in [1.29, 1.82) is 0 Å². The molecule has 0 saturated heterocycles. The fourth-order valence-corrected chi connectivity index (χ4v) is 2.93. The fraction of sp³-hybridized carbons (Fsp3) is 0.312. The first-order valence-corrected chi connectivity index (χ1v) is 6.59. The molecule has 0 amide bonds. The van der Waals surface area contributed by atoms with E-state index in [1.807, 2.05) is 25.4 Å². The van der Waals surface area contributed by atoms with Gasteiger partial charge in [0.05, 0.1) is 18.8 Å². The predicted octanol–water partition coefficient (Wildman–Crippen LogP) is 2.69. The van der Waals surface area contributed by atoms with Crippen LogP contribution in [0.3, 0.4) is 0 Å². The molecule has 1 aliphatic carbocycles. The molecule has 3 nitrogen and oxygen atoms in total. The van der Waals surface area contributed by atoms with Crippen molar-refractivity contribution in [3.63, 3.8) is 0 Å². The number of nitrogens with zero attached hydrogens (tertiary/aromatic N) is 1. The number of likely N-dealkylation sites (N-methyl/N-ethyl adjacent to an activating group) is 1. The summed E-state index contributed by atoms with van der Waals surface area (Å²) in [5, 5.41) is 3.39. The number of aromatic nitrogens is 1. The molecule has 2 atom stereocenters. The van der Waals surface area contributed by atoms with E-state index in [1.165, 1.54) is 11.1 Å². The standard InChI is InChI=1S/C16H18N2O/c1-17-15(16-14(19-2)8-5-9-18-16)13-10-11-6-3-4-7-12(11)13/h3-9,13,15,17H,10H2,1-2H3. The second kappa shape index (κ2) is 5.02. The molecule has 0 bridgehead atoms. The molecule has 2 aromatic rings. The maximum absolute atomic E-state index is 5.43. The quantitative estimate of drug-likeness (QED) is 0.911. The number of rotatable bonds is 4. The van der Waals surface area contributed by atoms with Crippen LogP contribution in [0.15, 0.2) is 42.6 Å². The zero-order valence-corrected chi connectivity index (χ0v) is 11.3. The van der Waals surface area contributed by atoms with Gasteiger partial charge in [-0.2, -0.15) is 0 Å². The van der Waals surface area contributed by atoms with Crippen LogP contribution in [0, 0.1) is 0 Å². The van der Waals surface area contributed by atoms with Crippen LogP contribution in [0.5, 0.6) is 5.75 Å². The lowest BCUT2D eigenvalue weighted by atomic mass is 9.72. The van der Waals surface area contributed by atoms with Crippen molar-refractivity contribution in [1.82, 2.24) is 10.3 Å². The Morgan fingerprint density at radius 1 is 1.26 bits per heavy atom. The van der Waals surface area contributed by atoms with Gasteiger partial charge >= 0.3 is 0 Å². The van der Waals surface area contributed by atoms with Gasteiger partial charge in [-0.25, -0.2) is 0 Å². The SMILES string of the molecule is CNC(c1ncccc1OC)C1Cc2ccccc21. The first kappa shape index (κ1) is 12.2. The average molecular weight is 254 g/mol. The lowest BCUT2D eigenvalue weighted by Crippen LogP contribution is -2.32. The van der Waals surface area contributed by atoms with Crippen molar-refractivity contribution < 1.29 is 4.74 Å². The molecule has 1 aromatic heterocycles. The summed E-state index contributed by atoms with van der Waals surface area (Å²) < 4.78 is 5.43. The Kier molecular flexibility index (Phi) is 3.22. The van der Waals surface area contributed by atoms with Crippen LogP contribution in [0.2, 0.25) is 0 Å². The van der Waals surface area contributed by atoms with Gasteiger partial charge in [0.1, 0.15) is 5.75 Å². The zero-order valence-electron chi connectivity index (χ0n) is 11.3. The van der Waals surface area contributed by atoms with E-state index in [1.54, 1.807) is 7.11 Å². The average Bonchev–Trinajstić information content (AvgIpc) is 2.45. The Labute approximate surface area is 113 Å². The number of methoxy groups -OCH3 is 1. The fourth-order valence-electron chi connectivity index (χ4n) is 2.93. The van der Waals surface area contributed by atoms with Gasteiger partial charge in [-0.3, -0.25) is 4.98 Å². The van der Waals surface area contributed by atoms with Crippen LogP contribution in [0.25, 0.3) is 0 Å². The molecule has 0 spiro atoms. The molecule has 1 aliphatic rings. The third-order valence-corrected chi connectivity index (χ3v) is 3.92. The van der Waals surface area contributed by atoms with Crippen molar-refractivity contribution in [2.24, 2.45) is 0 Å². The Bertz CT molecular complexity index is 582. The van der Waals surface area contributed by atoms with E-state index in [2.05, 4.69) is 34.6 Å². The Balaban J connectivity index is 1.95. The molecule has 0 aliphatic heterocycles. The third-order valence-electron chi connectivity index (χ3n) is 3.92. The van der Waals surface area contributed by atoms with Crippen LogP contribution in [0.4, 0.5) is 0 Å². The van der Waals surface area contributed by atoms with E-state index < -0.39 is 0 Å². The maximum atomic E-state index is 5.43. The molecule has 3 heteroatoms. The third kappa shape index (κ3) is 2.00.